The number of alkyl halides is 3. The quantitative estimate of drug-likeness (QED) is 0.516. The summed E-state index contributed by atoms with van der Waals surface area (Å²) in [7, 11) is -5.64. The number of likely N-dealkylation sites (N-methyl/N-ethyl adjacent to an activating group) is 1. The van der Waals surface area contributed by atoms with Gasteiger partial charge in [-0.1, -0.05) is 6.92 Å². The number of nitrogens with zero attached hydrogens (tertiary/aromatic N) is 4. The van der Waals surface area contributed by atoms with Crippen molar-refractivity contribution >= 4 is 21.2 Å². The molecule has 0 N–H and O–H groups in total. The fourth-order valence-electron chi connectivity index (χ4n) is 3.92. The molecule has 2 fully saturated rings. The molecule has 2 aliphatic heterocycles. The van der Waals surface area contributed by atoms with Gasteiger partial charge in [0.1, 0.15) is 5.69 Å². The molecule has 12 heteroatoms. The zero-order valence-corrected chi connectivity index (χ0v) is 16.7. The van der Waals surface area contributed by atoms with Crippen molar-refractivity contribution in [2.75, 3.05) is 50.7 Å². The summed E-state index contributed by atoms with van der Waals surface area (Å²) in [6.45, 7) is 7.84. The van der Waals surface area contributed by atoms with Crippen molar-refractivity contribution in [3.05, 3.63) is 28.3 Å². The third-order valence-corrected chi connectivity index (χ3v) is 7.12. The van der Waals surface area contributed by atoms with E-state index in [9.17, 15) is 31.7 Å². The van der Waals surface area contributed by atoms with Gasteiger partial charge in [0.2, 0.25) is 0 Å². The number of piperazine rings is 1. The van der Waals surface area contributed by atoms with E-state index in [0.29, 0.717) is 19.2 Å². The van der Waals surface area contributed by atoms with Gasteiger partial charge in [-0.05, 0) is 25.1 Å². The normalized spacial score (nSPS) is 22.2. The van der Waals surface area contributed by atoms with Crippen LogP contribution in [-0.4, -0.2) is 80.5 Å². The van der Waals surface area contributed by atoms with Crippen LogP contribution in [0.5, 0.6) is 0 Å². The molecule has 1 unspecified atom stereocenters. The van der Waals surface area contributed by atoms with Gasteiger partial charge in [-0.3, -0.25) is 15.0 Å². The van der Waals surface area contributed by atoms with Crippen LogP contribution in [0.25, 0.3) is 0 Å². The Kier molecular flexibility index (Phi) is 6.06. The van der Waals surface area contributed by atoms with Crippen molar-refractivity contribution < 1.29 is 26.5 Å². The minimum absolute atomic E-state index is 0.144. The van der Waals surface area contributed by atoms with Crippen LogP contribution >= 0.6 is 0 Å². The van der Waals surface area contributed by atoms with Gasteiger partial charge in [-0.25, -0.2) is 8.42 Å². The Morgan fingerprint density at radius 1 is 1.17 bits per heavy atom. The number of hydrogen-bond acceptors (Lipinski definition) is 7. The van der Waals surface area contributed by atoms with Crippen molar-refractivity contribution in [3.8, 4) is 0 Å². The number of sulfone groups is 1. The number of benzene rings is 1. The third-order valence-electron chi connectivity index (χ3n) is 5.63. The zero-order valence-electron chi connectivity index (χ0n) is 15.9. The molecule has 2 heterocycles. The van der Waals surface area contributed by atoms with Gasteiger partial charge in [-0.2, -0.15) is 13.2 Å². The zero-order chi connectivity index (χ0) is 21.4. The van der Waals surface area contributed by atoms with Crippen LogP contribution in [0.3, 0.4) is 0 Å². The van der Waals surface area contributed by atoms with Crippen LogP contribution in [0.1, 0.15) is 13.3 Å². The van der Waals surface area contributed by atoms with Gasteiger partial charge >= 0.3 is 5.51 Å². The molecule has 0 bridgehead atoms. The average molecular weight is 436 g/mol. The third kappa shape index (κ3) is 4.33. The highest BCUT2D eigenvalue weighted by Gasteiger charge is 2.47. The van der Waals surface area contributed by atoms with Gasteiger partial charge in [0.05, 0.1) is 9.82 Å². The van der Waals surface area contributed by atoms with E-state index in [2.05, 4.69) is 16.7 Å². The Hall–Kier alpha value is -1.92. The number of halogens is 3. The molecule has 2 saturated heterocycles. The van der Waals surface area contributed by atoms with Crippen LogP contribution < -0.4 is 4.90 Å². The number of hydrogen-bond donors (Lipinski definition) is 0. The van der Waals surface area contributed by atoms with E-state index in [4.69, 9.17) is 0 Å². The lowest BCUT2D eigenvalue weighted by atomic mass is 10.2. The highest BCUT2D eigenvalue weighted by atomic mass is 32.2. The Labute approximate surface area is 166 Å². The van der Waals surface area contributed by atoms with Crippen molar-refractivity contribution in [2.24, 2.45) is 0 Å². The van der Waals surface area contributed by atoms with Gasteiger partial charge in [0, 0.05) is 51.4 Å². The van der Waals surface area contributed by atoms with Crippen molar-refractivity contribution in [1.29, 1.82) is 0 Å². The van der Waals surface area contributed by atoms with Crippen molar-refractivity contribution in [2.45, 2.75) is 29.8 Å². The molecular formula is C17H23F3N4O4S. The van der Waals surface area contributed by atoms with Crippen LogP contribution in [0.15, 0.2) is 23.1 Å². The second-order valence-corrected chi connectivity index (χ2v) is 9.16. The summed E-state index contributed by atoms with van der Waals surface area (Å²) >= 11 is 0. The van der Waals surface area contributed by atoms with E-state index in [0.717, 1.165) is 51.3 Å². The first kappa shape index (κ1) is 21.8. The lowest BCUT2D eigenvalue weighted by Gasteiger charge is -2.37. The molecule has 0 spiro atoms. The van der Waals surface area contributed by atoms with E-state index in [1.807, 2.05) is 0 Å². The second-order valence-electron chi connectivity index (χ2n) is 7.22. The molecule has 3 rings (SSSR count). The molecule has 8 nitrogen and oxygen atoms in total. The van der Waals surface area contributed by atoms with Gasteiger partial charge < -0.3 is 9.80 Å². The summed E-state index contributed by atoms with van der Waals surface area (Å²) in [6.07, 6.45) is 0.784. The van der Waals surface area contributed by atoms with E-state index in [-0.39, 0.29) is 11.7 Å². The minimum Gasteiger partial charge on any atom is -0.364 e. The molecule has 0 saturated carbocycles. The van der Waals surface area contributed by atoms with Crippen LogP contribution in [0.2, 0.25) is 0 Å². The molecule has 0 amide bonds. The number of nitro benzene ring substituents is 1. The predicted octanol–water partition coefficient (Wildman–Crippen LogP) is 2.10. The standard InChI is InChI=1S/C17H23F3N4O4S/c1-2-21-7-9-22(10-8-21)13-5-6-23(12-13)15-4-3-14(11-16(15)24(25)26)29(27,28)17(18,19)20/h3-4,11,13H,2,5-10,12H2,1H3. The molecule has 2 aliphatic rings. The van der Waals surface area contributed by atoms with Crippen molar-refractivity contribution in [3.63, 3.8) is 0 Å². The smallest absolute Gasteiger partial charge is 0.364 e. The predicted molar refractivity (Wildman–Crippen MR) is 101 cm³/mol. The van der Waals surface area contributed by atoms with E-state index in [1.54, 1.807) is 4.90 Å². The second kappa shape index (κ2) is 8.07. The summed E-state index contributed by atoms with van der Waals surface area (Å²) < 4.78 is 61.6. The molecule has 0 aliphatic carbocycles. The highest BCUT2D eigenvalue weighted by Crippen LogP contribution is 2.37. The fourth-order valence-corrected chi connectivity index (χ4v) is 4.70. The summed E-state index contributed by atoms with van der Waals surface area (Å²) in [5.41, 5.74) is -6.00. The SMILES string of the molecule is CCN1CCN(C2CCN(c3ccc(S(=O)(=O)C(F)(F)F)cc3[N+](=O)[O-])C2)CC1. The monoisotopic (exact) mass is 436 g/mol. The summed E-state index contributed by atoms with van der Waals surface area (Å²) in [4.78, 5) is 15.9. The Balaban J connectivity index is 1.80. The molecule has 29 heavy (non-hydrogen) atoms. The highest BCUT2D eigenvalue weighted by molar-refractivity contribution is 7.92. The maximum absolute atomic E-state index is 12.8. The summed E-state index contributed by atoms with van der Waals surface area (Å²) in [6, 6.07) is 2.60. The number of nitro groups is 1. The molecule has 1 aromatic rings. The van der Waals surface area contributed by atoms with Gasteiger partial charge in [0.15, 0.2) is 0 Å². The van der Waals surface area contributed by atoms with Gasteiger partial charge in [-0.15, -0.1) is 0 Å². The van der Waals surface area contributed by atoms with Crippen LogP contribution in [0, 0.1) is 10.1 Å². The first-order valence-corrected chi connectivity index (χ1v) is 10.8. The molecule has 162 valence electrons. The van der Waals surface area contributed by atoms with Gasteiger partial charge in [0.25, 0.3) is 15.5 Å². The first-order chi connectivity index (χ1) is 13.5. The lowest BCUT2D eigenvalue weighted by molar-refractivity contribution is -0.384. The maximum atomic E-state index is 12.8. The van der Waals surface area contributed by atoms with Crippen LogP contribution in [0.4, 0.5) is 24.5 Å². The van der Waals surface area contributed by atoms with E-state index < -0.39 is 30.9 Å². The minimum atomic E-state index is -5.64. The molecule has 1 atom stereocenters. The Morgan fingerprint density at radius 3 is 2.38 bits per heavy atom. The maximum Gasteiger partial charge on any atom is 0.501 e. The number of anilines is 1. The molecule has 1 aromatic carbocycles. The van der Waals surface area contributed by atoms with Crippen molar-refractivity contribution in [1.82, 2.24) is 9.80 Å². The Bertz CT molecular complexity index is 870. The average Bonchev–Trinajstić information content (AvgIpc) is 3.16. The lowest BCUT2D eigenvalue weighted by Crippen LogP contribution is -2.50. The summed E-state index contributed by atoms with van der Waals surface area (Å²) in [5, 5.41) is 11.4. The topological polar surface area (TPSA) is 87.0 Å². The Morgan fingerprint density at radius 2 is 1.83 bits per heavy atom. The first-order valence-electron chi connectivity index (χ1n) is 9.35. The largest absolute Gasteiger partial charge is 0.501 e. The summed E-state index contributed by atoms with van der Waals surface area (Å²) in [5.74, 6) is 0. The molecule has 0 aromatic heterocycles. The fraction of sp³-hybridized carbons (Fsp3) is 0.647. The van der Waals surface area contributed by atoms with Crippen LogP contribution in [-0.2, 0) is 9.84 Å². The number of rotatable bonds is 5. The van der Waals surface area contributed by atoms with E-state index >= 15 is 0 Å². The molecular weight excluding hydrogens is 413 g/mol. The van der Waals surface area contributed by atoms with E-state index in [1.165, 1.54) is 0 Å². The molecule has 0 radical (unpaired) electrons.